The molecule has 0 saturated carbocycles. The Morgan fingerprint density at radius 2 is 1.88 bits per heavy atom. The molecule has 0 aliphatic rings. The summed E-state index contributed by atoms with van der Waals surface area (Å²) in [7, 11) is 0. The van der Waals surface area contributed by atoms with Crippen molar-refractivity contribution in [1.29, 1.82) is 0 Å². The van der Waals surface area contributed by atoms with Crippen molar-refractivity contribution in [3.63, 3.8) is 0 Å². The third-order valence-corrected chi connectivity index (χ3v) is 0.552. The van der Waals surface area contributed by atoms with Gasteiger partial charge in [-0.25, -0.2) is 20.6 Å². The third-order valence-electron chi connectivity index (χ3n) is 0.552. The second-order valence-electron chi connectivity index (χ2n) is 1.44. The summed E-state index contributed by atoms with van der Waals surface area (Å²) in [6, 6.07) is 0. The summed E-state index contributed by atoms with van der Waals surface area (Å²) in [5.74, 6) is 7.33. The van der Waals surface area contributed by atoms with Crippen LogP contribution in [-0.2, 0) is 0 Å². The summed E-state index contributed by atoms with van der Waals surface area (Å²) >= 11 is 0. The average molecular weight is 235 g/mol. The molecule has 0 unspecified atom stereocenters. The maximum Gasteiger partial charge on any atom is 0.161 e. The highest BCUT2D eigenvalue weighted by atomic mass is 16.7. The highest BCUT2D eigenvalue weighted by Gasteiger charge is 1.61. The first-order valence-corrected chi connectivity index (χ1v) is 3.26. The number of tetrazole rings is 1. The number of nitro groups is 1. The molecule has 0 aromatic carbocycles. The van der Waals surface area contributed by atoms with Gasteiger partial charge in [0.2, 0.25) is 0 Å². The van der Waals surface area contributed by atoms with E-state index in [1.54, 1.807) is 0 Å². The molecule has 6 N–H and O–H groups in total. The maximum atomic E-state index is 8.58. The molecule has 0 atom stereocenters. The van der Waals surface area contributed by atoms with Crippen LogP contribution in [0.3, 0.4) is 0 Å². The summed E-state index contributed by atoms with van der Waals surface area (Å²) in [5.41, 5.74) is 0. The van der Waals surface area contributed by atoms with E-state index in [4.69, 9.17) is 15.3 Å². The Hall–Kier alpha value is -2.67. The smallest absolute Gasteiger partial charge is 0.161 e. The number of nitrogens with zero attached hydrogens (tertiary/aromatic N) is 6. The van der Waals surface area contributed by atoms with E-state index in [1.165, 1.54) is 18.7 Å². The van der Waals surface area contributed by atoms with Gasteiger partial charge in [-0.15, -0.1) is 10.2 Å². The van der Waals surface area contributed by atoms with Crippen molar-refractivity contribution in [2.24, 2.45) is 11.7 Å². The van der Waals surface area contributed by atoms with E-state index < -0.39 is 5.03 Å². The molecule has 0 saturated heterocycles. The summed E-state index contributed by atoms with van der Waals surface area (Å²) in [6.45, 7) is 0. The van der Waals surface area contributed by atoms with Crippen molar-refractivity contribution < 1.29 is 14.9 Å². The number of hydrogen-bond donors (Lipinski definition) is 4. The number of hydrogen-bond acceptors (Lipinski definition) is 10. The Bertz CT molecular complexity index is 230. The van der Waals surface area contributed by atoms with Gasteiger partial charge in [0.05, 0.1) is 12.4 Å². The molecule has 0 radical (unpaired) electrons. The van der Waals surface area contributed by atoms with E-state index in [2.05, 4.69) is 47.3 Å². The first-order valence-electron chi connectivity index (χ1n) is 3.26. The molecule has 0 amide bonds. The molecular formula is C3H9N9O4. The average Bonchev–Trinajstić information content (AvgIpc) is 2.99. The minimum absolute atomic E-state index is 1.00. The summed E-state index contributed by atoms with van der Waals surface area (Å²) in [5, 5.41) is 32.7. The first kappa shape index (κ1) is 15.8. The molecule has 90 valence electrons. The van der Waals surface area contributed by atoms with Crippen LogP contribution >= 0.6 is 0 Å². The molecule has 0 spiro atoms. The lowest BCUT2D eigenvalue weighted by Crippen LogP contribution is -2.04. The van der Waals surface area contributed by atoms with Gasteiger partial charge >= 0.3 is 0 Å². The second-order valence-corrected chi connectivity index (χ2v) is 1.44. The fraction of sp³-hybridized carbons (Fsp3) is 0. The van der Waals surface area contributed by atoms with Crippen LogP contribution in [0.2, 0.25) is 0 Å². The standard InChI is InChI=1S/C2H2N2O.CH2N4.H2N2O2.H3NO/c2*1-2-4-5-3-1;1-2(3)4;1-2/h1-2H;1H,(H,2,3,4,5);1H2;2H,1H2. The number of H-pyrrole nitrogens is 1. The Morgan fingerprint density at radius 1 is 1.38 bits per heavy atom. The molecule has 2 aromatic heterocycles. The van der Waals surface area contributed by atoms with E-state index in [9.17, 15) is 0 Å². The van der Waals surface area contributed by atoms with Gasteiger partial charge in [0.15, 0.2) is 11.4 Å². The highest BCUT2D eigenvalue weighted by Crippen LogP contribution is 1.62. The van der Waals surface area contributed by atoms with Crippen molar-refractivity contribution in [3.8, 4) is 0 Å². The third kappa shape index (κ3) is 22.5. The largest absolute Gasteiger partial charge is 0.320 e. The lowest BCUT2D eigenvalue weighted by Gasteiger charge is -1.61. The second kappa shape index (κ2) is 14.8. The van der Waals surface area contributed by atoms with E-state index in [0.29, 0.717) is 0 Å². The Balaban J connectivity index is 0. The Labute approximate surface area is 87.5 Å². The molecule has 0 aliphatic heterocycles. The zero-order valence-electron chi connectivity index (χ0n) is 7.74. The molecule has 2 rings (SSSR count). The molecule has 2 heterocycles. The fourth-order valence-electron chi connectivity index (χ4n) is 0.265. The number of nitrogens with two attached hydrogens (primary N) is 2. The molecule has 13 nitrogen and oxygen atoms in total. The molecule has 2 aromatic rings. The summed E-state index contributed by atoms with van der Waals surface area (Å²) in [4.78, 5) is 8.58. The Morgan fingerprint density at radius 3 is 2.00 bits per heavy atom. The first-order chi connectivity index (χ1) is 7.73. The number of aromatic amines is 1. The van der Waals surface area contributed by atoms with E-state index in [0.717, 1.165) is 0 Å². The molecule has 0 aliphatic carbocycles. The van der Waals surface area contributed by atoms with Crippen molar-refractivity contribution in [2.75, 3.05) is 0 Å². The molecule has 13 heteroatoms. The summed E-state index contributed by atoms with van der Waals surface area (Å²) < 4.78 is 4.08. The normalized spacial score (nSPS) is 6.88. The zero-order valence-corrected chi connectivity index (χ0v) is 7.74. The molecule has 0 bridgehead atoms. The van der Waals surface area contributed by atoms with Crippen molar-refractivity contribution in [2.45, 2.75) is 0 Å². The van der Waals surface area contributed by atoms with E-state index in [-0.39, 0.29) is 0 Å². The predicted octanol–water partition coefficient (Wildman–Crippen LogP) is -2.26. The Kier molecular flexibility index (Phi) is 14.6. The van der Waals surface area contributed by atoms with Crippen LogP contribution in [0.15, 0.2) is 23.4 Å². The quantitative estimate of drug-likeness (QED) is 0.217. The monoisotopic (exact) mass is 235 g/mol. The number of aromatic nitrogens is 6. The van der Waals surface area contributed by atoms with Gasteiger partial charge in [-0.3, -0.25) is 0 Å². The topological polar surface area (TPSA) is 209 Å². The maximum absolute atomic E-state index is 8.58. The van der Waals surface area contributed by atoms with Crippen LogP contribution in [0.5, 0.6) is 0 Å². The lowest BCUT2D eigenvalue weighted by atomic mass is 11.0. The summed E-state index contributed by atoms with van der Waals surface area (Å²) in [6.07, 6.45) is 4.28. The van der Waals surface area contributed by atoms with Gasteiger partial charge in [0.1, 0.15) is 0 Å². The van der Waals surface area contributed by atoms with Crippen LogP contribution in [0.25, 0.3) is 0 Å². The number of hydrazine groups is 1. The SMILES string of the molecule is NO.N[N+](=O)[O-].c1cnon1.c1nn[nH]n1. The van der Waals surface area contributed by atoms with Crippen LogP contribution in [0, 0.1) is 10.1 Å². The molecule has 0 fully saturated rings. The van der Waals surface area contributed by atoms with Crippen molar-refractivity contribution in [3.05, 3.63) is 28.8 Å². The van der Waals surface area contributed by atoms with Gasteiger partial charge in [-0.05, 0) is 0 Å². The minimum Gasteiger partial charge on any atom is -0.320 e. The highest BCUT2D eigenvalue weighted by molar-refractivity contribution is 4.51. The fourth-order valence-corrected chi connectivity index (χ4v) is 0.265. The number of rotatable bonds is 0. The number of nitrogens with one attached hydrogen (secondary N) is 1. The van der Waals surface area contributed by atoms with Gasteiger partial charge < -0.3 is 5.21 Å². The predicted molar refractivity (Wildman–Crippen MR) is 45.6 cm³/mol. The van der Waals surface area contributed by atoms with Crippen LogP contribution < -0.4 is 11.7 Å². The van der Waals surface area contributed by atoms with Crippen LogP contribution in [0.1, 0.15) is 0 Å². The van der Waals surface area contributed by atoms with Gasteiger partial charge in [-0.2, -0.15) is 11.1 Å². The van der Waals surface area contributed by atoms with E-state index in [1.807, 2.05) is 0 Å². The van der Waals surface area contributed by atoms with Gasteiger partial charge in [0, 0.05) is 0 Å². The van der Waals surface area contributed by atoms with Crippen LogP contribution in [0.4, 0.5) is 0 Å². The lowest BCUT2D eigenvalue weighted by molar-refractivity contribution is -0.491. The molecular weight excluding hydrogens is 226 g/mol. The van der Waals surface area contributed by atoms with Crippen LogP contribution in [-0.4, -0.2) is 41.2 Å². The van der Waals surface area contributed by atoms with Gasteiger partial charge in [0.25, 0.3) is 0 Å². The van der Waals surface area contributed by atoms with E-state index >= 15 is 0 Å². The van der Waals surface area contributed by atoms with Crippen molar-refractivity contribution in [1.82, 2.24) is 30.9 Å². The molecule has 16 heavy (non-hydrogen) atoms. The van der Waals surface area contributed by atoms with Gasteiger partial charge in [-0.1, -0.05) is 15.5 Å². The van der Waals surface area contributed by atoms with Crippen molar-refractivity contribution >= 4 is 0 Å². The zero-order chi connectivity index (χ0) is 12.6. The minimum atomic E-state index is -1.00.